The molecule has 5 aromatic rings. The number of benzene rings is 5. The van der Waals surface area contributed by atoms with Crippen LogP contribution in [0.4, 0.5) is 0 Å². The second-order valence-corrected chi connectivity index (χ2v) is 10.9. The van der Waals surface area contributed by atoms with Crippen LogP contribution in [0.15, 0.2) is 139 Å². The van der Waals surface area contributed by atoms with Gasteiger partial charge in [-0.25, -0.2) is 0 Å². The Bertz CT molecular complexity index is 1950. The molecule has 176 valence electrons. The quantitative estimate of drug-likeness (QED) is 0.231. The van der Waals surface area contributed by atoms with Gasteiger partial charge in [-0.15, -0.1) is 0 Å². The van der Waals surface area contributed by atoms with E-state index in [1.165, 1.54) is 77.6 Å². The van der Waals surface area contributed by atoms with Crippen molar-refractivity contribution < 1.29 is 0 Å². The Kier molecular flexibility index (Phi) is 3.99. The summed E-state index contributed by atoms with van der Waals surface area (Å²) in [5, 5.41) is 2.70. The summed E-state index contributed by atoms with van der Waals surface area (Å²) in [4.78, 5) is 0. The number of hydrogen-bond acceptors (Lipinski definition) is 0. The predicted molar refractivity (Wildman–Crippen MR) is 160 cm³/mol. The van der Waals surface area contributed by atoms with Gasteiger partial charge in [0.2, 0.25) is 0 Å². The lowest BCUT2D eigenvalue weighted by molar-refractivity contribution is 0.722. The normalized spacial score (nSPS) is 19.2. The van der Waals surface area contributed by atoms with Gasteiger partial charge in [0.1, 0.15) is 0 Å². The van der Waals surface area contributed by atoms with E-state index in [0.29, 0.717) is 11.8 Å². The van der Waals surface area contributed by atoms with Crippen LogP contribution in [-0.4, -0.2) is 0 Å². The fourth-order valence-corrected chi connectivity index (χ4v) is 7.26. The third kappa shape index (κ3) is 2.70. The molecule has 9 rings (SSSR count). The molecule has 0 spiro atoms. The highest BCUT2D eigenvalue weighted by molar-refractivity contribution is 6.15. The van der Waals surface area contributed by atoms with E-state index in [4.69, 9.17) is 0 Å². The zero-order valence-electron chi connectivity index (χ0n) is 20.9. The maximum atomic E-state index is 2.43. The molecule has 2 unspecified atom stereocenters. The molecule has 0 heteroatoms. The van der Waals surface area contributed by atoms with Gasteiger partial charge in [0.05, 0.1) is 0 Å². The van der Waals surface area contributed by atoms with Crippen LogP contribution in [-0.2, 0) is 0 Å². The molecule has 4 aliphatic carbocycles. The van der Waals surface area contributed by atoms with Gasteiger partial charge in [-0.3, -0.25) is 0 Å². The van der Waals surface area contributed by atoms with Gasteiger partial charge in [-0.05, 0) is 89.7 Å². The smallest absolute Gasteiger partial charge is 0.0199 e. The summed E-state index contributed by atoms with van der Waals surface area (Å²) >= 11 is 0. The Labute approximate surface area is 222 Å². The summed E-state index contributed by atoms with van der Waals surface area (Å²) < 4.78 is 0. The molecule has 0 nitrogen and oxygen atoms in total. The first-order valence-electron chi connectivity index (χ1n) is 13.5. The molecule has 5 aromatic carbocycles. The van der Waals surface area contributed by atoms with Crippen LogP contribution in [0.2, 0.25) is 0 Å². The van der Waals surface area contributed by atoms with Gasteiger partial charge >= 0.3 is 0 Å². The largest absolute Gasteiger partial charge is 0.0760 e. The Morgan fingerprint density at radius 2 is 1.18 bits per heavy atom. The Morgan fingerprint density at radius 3 is 1.97 bits per heavy atom. The molecule has 0 N–H and O–H groups in total. The van der Waals surface area contributed by atoms with E-state index in [-0.39, 0.29) is 0 Å². The summed E-state index contributed by atoms with van der Waals surface area (Å²) in [7, 11) is 0. The van der Waals surface area contributed by atoms with Crippen molar-refractivity contribution in [1.29, 1.82) is 0 Å². The molecule has 0 amide bonds. The van der Waals surface area contributed by atoms with Crippen molar-refractivity contribution in [2.45, 2.75) is 5.92 Å². The molecule has 0 heterocycles. The van der Waals surface area contributed by atoms with Crippen molar-refractivity contribution in [1.82, 2.24) is 0 Å². The minimum atomic E-state index is 0.445. The summed E-state index contributed by atoms with van der Waals surface area (Å²) in [6, 6.07) is 36.4. The van der Waals surface area contributed by atoms with Gasteiger partial charge in [-0.2, -0.15) is 0 Å². The van der Waals surface area contributed by atoms with E-state index in [2.05, 4.69) is 134 Å². The molecule has 0 aromatic heterocycles. The van der Waals surface area contributed by atoms with Gasteiger partial charge in [-0.1, -0.05) is 121 Å². The zero-order chi connectivity index (χ0) is 24.8. The lowest BCUT2D eigenvalue weighted by Crippen LogP contribution is -2.11. The molecule has 0 saturated carbocycles. The molecule has 0 bridgehead atoms. The third-order valence-electron chi connectivity index (χ3n) is 9.00. The summed E-state index contributed by atoms with van der Waals surface area (Å²) in [6.45, 7) is 0. The van der Waals surface area contributed by atoms with Crippen LogP contribution in [0.5, 0.6) is 0 Å². The topological polar surface area (TPSA) is 0 Å². The van der Waals surface area contributed by atoms with Crippen LogP contribution >= 0.6 is 0 Å². The standard InChI is InChI=1S/C38H24/c1-5-25-7-3-11-33-35-21-27(17-19-29(35)31(9-1)37(25)33)23-13-15-24(16-14-23)28-18-20-30-32-10-2-6-26-8-4-12-34(38(26)32)36(30)22-28/h1-22,33,37H. The monoisotopic (exact) mass is 480 g/mol. The average molecular weight is 481 g/mol. The SMILES string of the molecule is C1=CC2=CC=CC3c4cc(-c5ccc(-c6ccc7c(c6)-c6cccc8cccc-7c68)cc5)ccc4C(=C1)C23. The van der Waals surface area contributed by atoms with Crippen LogP contribution in [0.25, 0.3) is 60.9 Å². The maximum absolute atomic E-state index is 2.43. The Balaban J connectivity index is 1.08. The average Bonchev–Trinajstić information content (AvgIpc) is 3.48. The van der Waals surface area contributed by atoms with Crippen LogP contribution in [0, 0.1) is 5.92 Å². The second kappa shape index (κ2) is 7.43. The Hall–Kier alpha value is -4.68. The number of rotatable bonds is 2. The van der Waals surface area contributed by atoms with Crippen molar-refractivity contribution >= 4 is 16.3 Å². The molecule has 0 saturated heterocycles. The molecule has 38 heavy (non-hydrogen) atoms. The van der Waals surface area contributed by atoms with Gasteiger partial charge in [0.25, 0.3) is 0 Å². The first-order chi connectivity index (χ1) is 18.8. The number of allylic oxidation sites excluding steroid dienone is 8. The zero-order valence-corrected chi connectivity index (χ0v) is 20.9. The van der Waals surface area contributed by atoms with Gasteiger partial charge in [0, 0.05) is 11.8 Å². The highest BCUT2D eigenvalue weighted by Crippen LogP contribution is 2.54. The van der Waals surface area contributed by atoms with Crippen LogP contribution < -0.4 is 0 Å². The highest BCUT2D eigenvalue weighted by Gasteiger charge is 2.38. The van der Waals surface area contributed by atoms with Crippen molar-refractivity contribution in [2.24, 2.45) is 5.92 Å². The lowest BCUT2D eigenvalue weighted by Gasteiger charge is -2.25. The minimum absolute atomic E-state index is 0.445. The molecule has 0 fully saturated rings. The lowest BCUT2D eigenvalue weighted by atomic mass is 9.78. The van der Waals surface area contributed by atoms with Crippen LogP contribution in [0.3, 0.4) is 0 Å². The first-order valence-corrected chi connectivity index (χ1v) is 13.5. The molecule has 2 atom stereocenters. The van der Waals surface area contributed by atoms with E-state index >= 15 is 0 Å². The van der Waals surface area contributed by atoms with E-state index in [0.717, 1.165) is 0 Å². The van der Waals surface area contributed by atoms with E-state index < -0.39 is 0 Å². The summed E-state index contributed by atoms with van der Waals surface area (Å²) in [6.07, 6.45) is 13.7. The van der Waals surface area contributed by atoms with E-state index in [1.807, 2.05) is 0 Å². The van der Waals surface area contributed by atoms with Crippen molar-refractivity contribution in [3.63, 3.8) is 0 Å². The first kappa shape index (κ1) is 20.4. The van der Waals surface area contributed by atoms with Crippen LogP contribution in [0.1, 0.15) is 17.0 Å². The Morgan fingerprint density at radius 1 is 0.500 bits per heavy atom. The van der Waals surface area contributed by atoms with Gasteiger partial charge < -0.3 is 0 Å². The van der Waals surface area contributed by atoms with Crippen molar-refractivity contribution in [3.8, 4) is 44.5 Å². The van der Waals surface area contributed by atoms with E-state index in [9.17, 15) is 0 Å². The summed E-state index contributed by atoms with van der Waals surface area (Å²) in [5.74, 6) is 0.926. The third-order valence-corrected chi connectivity index (χ3v) is 9.00. The fraction of sp³-hybridized carbons (Fsp3) is 0.0526. The minimum Gasteiger partial charge on any atom is -0.0760 e. The number of hydrogen-bond donors (Lipinski definition) is 0. The van der Waals surface area contributed by atoms with Crippen molar-refractivity contribution in [3.05, 3.63) is 150 Å². The molecule has 0 aliphatic heterocycles. The fourth-order valence-electron chi connectivity index (χ4n) is 7.26. The van der Waals surface area contributed by atoms with Crippen molar-refractivity contribution in [2.75, 3.05) is 0 Å². The molecular weight excluding hydrogens is 456 g/mol. The van der Waals surface area contributed by atoms with E-state index in [1.54, 1.807) is 0 Å². The molecular formula is C38H24. The maximum Gasteiger partial charge on any atom is 0.0199 e. The van der Waals surface area contributed by atoms with Gasteiger partial charge in [0.15, 0.2) is 0 Å². The second-order valence-electron chi connectivity index (χ2n) is 10.9. The molecule has 0 radical (unpaired) electrons. The predicted octanol–water partition coefficient (Wildman–Crippen LogP) is 9.98. The summed E-state index contributed by atoms with van der Waals surface area (Å²) in [5.41, 5.74) is 16.3. The molecule has 4 aliphatic rings. The highest BCUT2D eigenvalue weighted by atomic mass is 14.4. The number of fused-ring (bicyclic) bond motifs is 6.